The molecule has 0 unspecified atom stereocenters. The number of hydrogen-bond acceptors (Lipinski definition) is 7. The van der Waals surface area contributed by atoms with Crippen LogP contribution in [0.2, 0.25) is 0 Å². The molecule has 5 aromatic rings. The van der Waals surface area contributed by atoms with Gasteiger partial charge in [-0.05, 0) is 35.7 Å². The zero-order valence-electron chi connectivity index (χ0n) is 18.0. The molecule has 3 N–H and O–H groups in total. The number of rotatable bonds is 6. The molecule has 0 saturated carbocycles. The number of nitrogens with zero attached hydrogens (tertiary/aromatic N) is 3. The number of nitrogens with two attached hydrogens (primary N) is 1. The normalized spacial score (nSPS) is 11.1. The summed E-state index contributed by atoms with van der Waals surface area (Å²) < 4.78 is 12.7. The Morgan fingerprint density at radius 2 is 1.85 bits per heavy atom. The second-order valence-corrected chi connectivity index (χ2v) is 8.31. The fraction of sp³-hybridized carbons (Fsp3) is 0.125. The number of thiophene rings is 1. The van der Waals surface area contributed by atoms with Crippen LogP contribution in [0.15, 0.2) is 60.0 Å². The molecule has 33 heavy (non-hydrogen) atoms. The van der Waals surface area contributed by atoms with E-state index in [2.05, 4.69) is 5.32 Å². The summed E-state index contributed by atoms with van der Waals surface area (Å²) in [4.78, 5) is 23.9. The number of hydrogen-bond donors (Lipinski definition) is 2. The van der Waals surface area contributed by atoms with Crippen molar-refractivity contribution in [1.82, 2.24) is 19.9 Å². The van der Waals surface area contributed by atoms with Gasteiger partial charge in [-0.3, -0.25) is 9.36 Å². The topological polar surface area (TPSA) is 104 Å². The summed E-state index contributed by atoms with van der Waals surface area (Å²) in [5.74, 6) is 1.07. The molecule has 9 heteroatoms. The number of fused-ring (bicyclic) bond motifs is 2. The van der Waals surface area contributed by atoms with Gasteiger partial charge in [-0.2, -0.15) is 0 Å². The summed E-state index contributed by atoms with van der Waals surface area (Å²) >= 11 is 1.57. The van der Waals surface area contributed by atoms with Gasteiger partial charge in [0.2, 0.25) is 0 Å². The van der Waals surface area contributed by atoms with Crippen molar-refractivity contribution < 1.29 is 14.3 Å². The van der Waals surface area contributed by atoms with Crippen molar-refractivity contribution in [3.05, 3.63) is 70.4 Å². The standard InChI is InChI=1S/C24H21N5O3S/c1-31-14-9-10-19(32-2)18(12-14)29-22(25)20(24(30)26-13-15-6-5-11-33-15)21-23(29)28-17-8-4-3-7-16(17)27-21/h3-12H,13,25H2,1-2H3,(H,26,30). The summed E-state index contributed by atoms with van der Waals surface area (Å²) in [5.41, 5.74) is 9.71. The molecule has 5 rings (SSSR count). The summed E-state index contributed by atoms with van der Waals surface area (Å²) in [7, 11) is 3.16. The number of amides is 1. The lowest BCUT2D eigenvalue weighted by molar-refractivity contribution is 0.0953. The first-order valence-electron chi connectivity index (χ1n) is 10.2. The van der Waals surface area contributed by atoms with Gasteiger partial charge in [0.05, 0.1) is 37.5 Å². The van der Waals surface area contributed by atoms with Crippen molar-refractivity contribution in [3.8, 4) is 17.2 Å². The van der Waals surface area contributed by atoms with Crippen LogP contribution in [0, 0.1) is 0 Å². The van der Waals surface area contributed by atoms with E-state index >= 15 is 0 Å². The summed E-state index contributed by atoms with van der Waals surface area (Å²) in [5, 5.41) is 4.92. The van der Waals surface area contributed by atoms with Crippen molar-refractivity contribution in [1.29, 1.82) is 0 Å². The van der Waals surface area contributed by atoms with Gasteiger partial charge in [-0.1, -0.05) is 18.2 Å². The van der Waals surface area contributed by atoms with E-state index in [0.29, 0.717) is 45.9 Å². The molecule has 0 spiro atoms. The molecule has 0 atom stereocenters. The van der Waals surface area contributed by atoms with Crippen LogP contribution in [0.1, 0.15) is 15.2 Å². The van der Waals surface area contributed by atoms with Gasteiger partial charge in [-0.15, -0.1) is 11.3 Å². The molecule has 166 valence electrons. The number of para-hydroxylation sites is 2. The molecular weight excluding hydrogens is 438 g/mol. The van der Waals surface area contributed by atoms with Crippen molar-refractivity contribution >= 4 is 45.3 Å². The number of carbonyl (C=O) groups excluding carboxylic acids is 1. The first-order valence-corrected chi connectivity index (χ1v) is 11.1. The number of anilines is 1. The SMILES string of the molecule is COc1ccc(OC)c(-n2c(N)c(C(=O)NCc3cccs3)c3nc4ccccc4nc32)c1. The number of carbonyl (C=O) groups is 1. The van der Waals surface area contributed by atoms with Crippen LogP contribution in [-0.4, -0.2) is 34.7 Å². The van der Waals surface area contributed by atoms with E-state index in [0.717, 1.165) is 4.88 Å². The lowest BCUT2D eigenvalue weighted by Gasteiger charge is -2.14. The lowest BCUT2D eigenvalue weighted by atomic mass is 10.2. The van der Waals surface area contributed by atoms with Gasteiger partial charge in [0, 0.05) is 10.9 Å². The Morgan fingerprint density at radius 3 is 2.55 bits per heavy atom. The zero-order chi connectivity index (χ0) is 22.9. The van der Waals surface area contributed by atoms with Crippen LogP contribution in [-0.2, 0) is 6.54 Å². The van der Waals surface area contributed by atoms with Gasteiger partial charge < -0.3 is 20.5 Å². The third-order valence-corrected chi connectivity index (χ3v) is 6.23. The molecule has 3 heterocycles. The van der Waals surface area contributed by atoms with Gasteiger partial charge in [0.15, 0.2) is 5.65 Å². The maximum absolute atomic E-state index is 13.3. The first-order chi connectivity index (χ1) is 16.1. The Bertz CT molecular complexity index is 1480. The third-order valence-electron chi connectivity index (χ3n) is 5.36. The number of nitrogens with one attached hydrogen (secondary N) is 1. The van der Waals surface area contributed by atoms with E-state index in [4.69, 9.17) is 25.2 Å². The molecule has 0 aliphatic heterocycles. The van der Waals surface area contributed by atoms with Crippen LogP contribution >= 0.6 is 11.3 Å². The third kappa shape index (κ3) is 3.62. The van der Waals surface area contributed by atoms with E-state index in [1.54, 1.807) is 48.3 Å². The lowest BCUT2D eigenvalue weighted by Crippen LogP contribution is -2.23. The number of benzene rings is 2. The smallest absolute Gasteiger partial charge is 0.257 e. The maximum atomic E-state index is 13.3. The molecule has 0 bridgehead atoms. The minimum atomic E-state index is -0.323. The van der Waals surface area contributed by atoms with Gasteiger partial charge >= 0.3 is 0 Å². The summed E-state index contributed by atoms with van der Waals surface area (Å²) in [6.07, 6.45) is 0. The molecule has 0 saturated heterocycles. The highest BCUT2D eigenvalue weighted by atomic mass is 32.1. The average molecular weight is 460 g/mol. The zero-order valence-corrected chi connectivity index (χ0v) is 18.8. The highest BCUT2D eigenvalue weighted by molar-refractivity contribution is 7.09. The van der Waals surface area contributed by atoms with Crippen molar-refractivity contribution in [3.63, 3.8) is 0 Å². The minimum Gasteiger partial charge on any atom is -0.497 e. The Kier molecular flexibility index (Phi) is 5.31. The Morgan fingerprint density at radius 1 is 1.06 bits per heavy atom. The van der Waals surface area contributed by atoms with Crippen molar-refractivity contribution in [2.24, 2.45) is 0 Å². The molecule has 8 nitrogen and oxygen atoms in total. The highest BCUT2D eigenvalue weighted by Gasteiger charge is 2.26. The van der Waals surface area contributed by atoms with Crippen LogP contribution < -0.4 is 20.5 Å². The van der Waals surface area contributed by atoms with Crippen molar-refractivity contribution in [2.45, 2.75) is 6.54 Å². The van der Waals surface area contributed by atoms with E-state index in [1.165, 1.54) is 0 Å². The highest BCUT2D eigenvalue weighted by Crippen LogP contribution is 2.36. The second kappa shape index (κ2) is 8.44. The fourth-order valence-corrected chi connectivity index (χ4v) is 4.41. The molecule has 1 amide bonds. The van der Waals surface area contributed by atoms with Crippen molar-refractivity contribution in [2.75, 3.05) is 20.0 Å². The second-order valence-electron chi connectivity index (χ2n) is 7.28. The van der Waals surface area contributed by atoms with Crippen LogP contribution in [0.3, 0.4) is 0 Å². The molecular formula is C24H21N5O3S. The maximum Gasteiger partial charge on any atom is 0.257 e. The quantitative estimate of drug-likeness (QED) is 0.395. The molecule has 0 aliphatic rings. The summed E-state index contributed by atoms with van der Waals surface area (Å²) in [6, 6.07) is 16.8. The molecule has 2 aromatic carbocycles. The number of aromatic nitrogens is 3. The van der Waals surface area contributed by atoms with E-state index in [-0.39, 0.29) is 17.3 Å². The Hall–Kier alpha value is -4.11. The predicted molar refractivity (Wildman–Crippen MR) is 129 cm³/mol. The van der Waals surface area contributed by atoms with Crippen LogP contribution in [0.25, 0.3) is 27.9 Å². The fourth-order valence-electron chi connectivity index (χ4n) is 3.77. The van der Waals surface area contributed by atoms with E-state index in [1.807, 2.05) is 41.8 Å². The van der Waals surface area contributed by atoms with Crippen LogP contribution in [0.4, 0.5) is 5.82 Å². The largest absolute Gasteiger partial charge is 0.497 e. The molecule has 3 aromatic heterocycles. The molecule has 0 fully saturated rings. The van der Waals surface area contributed by atoms with Crippen LogP contribution in [0.5, 0.6) is 11.5 Å². The predicted octanol–water partition coefficient (Wildman–Crippen LogP) is 4.16. The number of ether oxygens (including phenoxy) is 2. The Labute approximate surface area is 193 Å². The number of methoxy groups -OCH3 is 2. The Balaban J connectivity index is 1.75. The minimum absolute atomic E-state index is 0.218. The van der Waals surface area contributed by atoms with Gasteiger partial charge in [0.25, 0.3) is 5.91 Å². The van der Waals surface area contributed by atoms with Gasteiger partial charge in [-0.25, -0.2) is 9.97 Å². The first kappa shape index (κ1) is 20.8. The molecule has 0 aliphatic carbocycles. The van der Waals surface area contributed by atoms with Gasteiger partial charge in [0.1, 0.15) is 28.4 Å². The van der Waals surface area contributed by atoms with E-state index in [9.17, 15) is 4.79 Å². The van der Waals surface area contributed by atoms with E-state index < -0.39 is 0 Å². The average Bonchev–Trinajstić information content (AvgIpc) is 3.46. The molecule has 0 radical (unpaired) electrons. The monoisotopic (exact) mass is 459 g/mol. The summed E-state index contributed by atoms with van der Waals surface area (Å²) in [6.45, 7) is 0.395. The number of nitrogen functional groups attached to an aromatic ring is 1.